The molecule has 0 N–H and O–H groups in total. The highest BCUT2D eigenvalue weighted by Gasteiger charge is 2.18. The van der Waals surface area contributed by atoms with Gasteiger partial charge in [0.2, 0.25) is 0 Å². The Morgan fingerprint density at radius 1 is 1.07 bits per heavy atom. The van der Waals surface area contributed by atoms with Gasteiger partial charge < -0.3 is 18.6 Å². The molecule has 0 atom stereocenters. The summed E-state index contributed by atoms with van der Waals surface area (Å²) in [7, 11) is 0. The fourth-order valence-corrected chi connectivity index (χ4v) is 3.09. The minimum absolute atomic E-state index is 0.354. The lowest BCUT2D eigenvalue weighted by Gasteiger charge is -2.18. The highest BCUT2D eigenvalue weighted by atomic mass is 16.6. The molecule has 0 saturated heterocycles. The molecule has 4 rings (SSSR count). The number of aryl methyl sites for hydroxylation is 2. The van der Waals surface area contributed by atoms with E-state index in [-0.39, 0.29) is 0 Å². The second-order valence-electron chi connectivity index (χ2n) is 6.31. The number of carbonyl (C=O) groups excluding carboxylic acids is 1. The molecular formula is C21H18O6. The third-order valence-corrected chi connectivity index (χ3v) is 4.49. The van der Waals surface area contributed by atoms with E-state index in [2.05, 4.69) is 0 Å². The molecule has 6 nitrogen and oxygen atoms in total. The number of carbonyl (C=O) groups is 1. The molecule has 0 fully saturated rings. The SMILES string of the molecule is CCc1cc2c(C)cc(=O)oc2cc1OC(=O)c1ccc2c(c1)OCCO2. The normalized spacial score (nSPS) is 12.8. The van der Waals surface area contributed by atoms with E-state index < -0.39 is 11.6 Å². The largest absolute Gasteiger partial charge is 0.486 e. The predicted octanol–water partition coefficient (Wildman–Crippen LogP) is 3.65. The quantitative estimate of drug-likeness (QED) is 0.400. The van der Waals surface area contributed by atoms with Gasteiger partial charge in [0, 0.05) is 17.5 Å². The van der Waals surface area contributed by atoms with Gasteiger partial charge in [-0.2, -0.15) is 0 Å². The summed E-state index contributed by atoms with van der Waals surface area (Å²) in [6, 6.07) is 9.86. The van der Waals surface area contributed by atoms with E-state index in [4.69, 9.17) is 18.6 Å². The van der Waals surface area contributed by atoms with Crippen LogP contribution in [0, 0.1) is 6.92 Å². The molecule has 2 aromatic carbocycles. The van der Waals surface area contributed by atoms with Crippen LogP contribution in [0.25, 0.3) is 11.0 Å². The summed E-state index contributed by atoms with van der Waals surface area (Å²) in [5, 5.41) is 0.825. The average molecular weight is 366 g/mol. The van der Waals surface area contributed by atoms with Crippen molar-refractivity contribution in [2.24, 2.45) is 0 Å². The van der Waals surface area contributed by atoms with Gasteiger partial charge in [0.25, 0.3) is 0 Å². The molecule has 1 aliphatic rings. The molecule has 0 radical (unpaired) electrons. The summed E-state index contributed by atoms with van der Waals surface area (Å²) < 4.78 is 21.8. The highest BCUT2D eigenvalue weighted by molar-refractivity contribution is 5.93. The van der Waals surface area contributed by atoms with Crippen LogP contribution >= 0.6 is 0 Å². The third kappa shape index (κ3) is 3.26. The Morgan fingerprint density at radius 2 is 1.85 bits per heavy atom. The number of ether oxygens (including phenoxy) is 3. The molecule has 1 aromatic heterocycles. The van der Waals surface area contributed by atoms with E-state index >= 15 is 0 Å². The maximum Gasteiger partial charge on any atom is 0.343 e. The van der Waals surface area contributed by atoms with Crippen LogP contribution in [0.15, 0.2) is 45.6 Å². The topological polar surface area (TPSA) is 75.0 Å². The molecule has 0 amide bonds. The van der Waals surface area contributed by atoms with Crippen molar-refractivity contribution < 1.29 is 23.4 Å². The Morgan fingerprint density at radius 3 is 2.63 bits per heavy atom. The van der Waals surface area contributed by atoms with Crippen molar-refractivity contribution in [3.8, 4) is 17.2 Å². The Labute approximate surface area is 155 Å². The van der Waals surface area contributed by atoms with Gasteiger partial charge in [-0.15, -0.1) is 0 Å². The van der Waals surface area contributed by atoms with Crippen LogP contribution in [0.5, 0.6) is 17.2 Å². The molecule has 0 unspecified atom stereocenters. The van der Waals surface area contributed by atoms with Crippen molar-refractivity contribution in [3.63, 3.8) is 0 Å². The van der Waals surface area contributed by atoms with Crippen LogP contribution in [-0.4, -0.2) is 19.2 Å². The summed E-state index contributed by atoms with van der Waals surface area (Å²) in [4.78, 5) is 24.3. The first kappa shape index (κ1) is 17.1. The monoisotopic (exact) mass is 366 g/mol. The summed E-state index contributed by atoms with van der Waals surface area (Å²) in [6.45, 7) is 4.74. The number of benzene rings is 2. The van der Waals surface area contributed by atoms with Gasteiger partial charge >= 0.3 is 11.6 Å². The first-order chi connectivity index (χ1) is 13.0. The molecule has 6 heteroatoms. The standard InChI is InChI=1S/C21H18O6/c1-3-13-9-15-12(2)8-20(22)26-18(15)11-17(13)27-21(23)14-4-5-16-19(10-14)25-7-6-24-16/h4-5,8-11H,3,6-7H2,1-2H3. The van der Waals surface area contributed by atoms with Crippen molar-refractivity contribution in [2.75, 3.05) is 13.2 Å². The third-order valence-electron chi connectivity index (χ3n) is 4.49. The zero-order chi connectivity index (χ0) is 19.0. The molecule has 138 valence electrons. The molecule has 3 aromatic rings. The molecular weight excluding hydrogens is 348 g/mol. The van der Waals surface area contributed by atoms with Gasteiger partial charge in [0.1, 0.15) is 24.5 Å². The van der Waals surface area contributed by atoms with E-state index in [9.17, 15) is 9.59 Å². The number of rotatable bonds is 3. The minimum Gasteiger partial charge on any atom is -0.486 e. The molecule has 1 aliphatic heterocycles. The Balaban J connectivity index is 1.70. The van der Waals surface area contributed by atoms with Crippen LogP contribution in [0.4, 0.5) is 0 Å². The van der Waals surface area contributed by atoms with Crippen LogP contribution in [0.3, 0.4) is 0 Å². The fraction of sp³-hybridized carbons (Fsp3) is 0.238. The van der Waals surface area contributed by atoms with Crippen LogP contribution in [0.1, 0.15) is 28.4 Å². The van der Waals surface area contributed by atoms with Gasteiger partial charge in [-0.25, -0.2) is 9.59 Å². The first-order valence-corrected chi connectivity index (χ1v) is 8.74. The van der Waals surface area contributed by atoms with E-state index in [1.54, 1.807) is 24.3 Å². The lowest BCUT2D eigenvalue weighted by Crippen LogP contribution is -2.16. The lowest BCUT2D eigenvalue weighted by molar-refractivity contribution is 0.0732. The zero-order valence-electron chi connectivity index (χ0n) is 15.0. The fourth-order valence-electron chi connectivity index (χ4n) is 3.09. The van der Waals surface area contributed by atoms with E-state index in [0.717, 1.165) is 16.5 Å². The smallest absolute Gasteiger partial charge is 0.343 e. The summed E-state index contributed by atoms with van der Waals surface area (Å²) >= 11 is 0. The van der Waals surface area contributed by atoms with Gasteiger partial charge in [-0.05, 0) is 48.7 Å². The predicted molar refractivity (Wildman–Crippen MR) is 99.0 cm³/mol. The maximum atomic E-state index is 12.6. The van der Waals surface area contributed by atoms with Crippen molar-refractivity contribution in [1.82, 2.24) is 0 Å². The van der Waals surface area contributed by atoms with Crippen LogP contribution in [-0.2, 0) is 6.42 Å². The van der Waals surface area contributed by atoms with Crippen LogP contribution < -0.4 is 19.8 Å². The summed E-state index contributed by atoms with van der Waals surface area (Å²) in [5.74, 6) is 0.983. The molecule has 0 saturated carbocycles. The Hall–Kier alpha value is -3.28. The Kier molecular flexibility index (Phi) is 4.32. The van der Waals surface area contributed by atoms with Crippen LogP contribution in [0.2, 0.25) is 0 Å². The number of fused-ring (bicyclic) bond motifs is 2. The molecule has 27 heavy (non-hydrogen) atoms. The average Bonchev–Trinajstić information content (AvgIpc) is 2.67. The van der Waals surface area contributed by atoms with Gasteiger partial charge in [-0.3, -0.25) is 0 Å². The maximum absolute atomic E-state index is 12.6. The van der Waals surface area contributed by atoms with E-state index in [1.165, 1.54) is 6.07 Å². The van der Waals surface area contributed by atoms with E-state index in [1.807, 2.05) is 19.9 Å². The second-order valence-corrected chi connectivity index (χ2v) is 6.31. The van der Waals surface area contributed by atoms with Crippen molar-refractivity contribution in [3.05, 3.63) is 63.5 Å². The zero-order valence-corrected chi connectivity index (χ0v) is 15.0. The van der Waals surface area contributed by atoms with Crippen molar-refractivity contribution in [1.29, 1.82) is 0 Å². The second kappa shape index (κ2) is 6.79. The number of hydrogen-bond donors (Lipinski definition) is 0. The lowest BCUT2D eigenvalue weighted by atomic mass is 10.1. The highest BCUT2D eigenvalue weighted by Crippen LogP contribution is 2.32. The number of esters is 1. The molecule has 0 spiro atoms. The first-order valence-electron chi connectivity index (χ1n) is 8.74. The van der Waals surface area contributed by atoms with Crippen molar-refractivity contribution in [2.45, 2.75) is 20.3 Å². The van der Waals surface area contributed by atoms with Gasteiger partial charge in [-0.1, -0.05) is 6.92 Å². The van der Waals surface area contributed by atoms with E-state index in [0.29, 0.717) is 48.0 Å². The minimum atomic E-state index is -0.518. The summed E-state index contributed by atoms with van der Waals surface area (Å²) in [6.07, 6.45) is 0.665. The molecule has 2 heterocycles. The van der Waals surface area contributed by atoms with Crippen molar-refractivity contribution >= 4 is 16.9 Å². The summed E-state index contributed by atoms with van der Waals surface area (Å²) in [5.41, 5.74) is 1.98. The van der Waals surface area contributed by atoms with Gasteiger partial charge in [0.15, 0.2) is 11.5 Å². The molecule has 0 aliphatic carbocycles. The van der Waals surface area contributed by atoms with Gasteiger partial charge in [0.05, 0.1) is 5.56 Å². The Bertz CT molecular complexity index is 1100. The number of hydrogen-bond acceptors (Lipinski definition) is 6. The molecule has 0 bridgehead atoms.